The molecule has 118 valence electrons. The number of hydrogen-bond acceptors (Lipinski definition) is 2. The third-order valence-corrected chi connectivity index (χ3v) is 3.70. The quantitative estimate of drug-likeness (QED) is 0.946. The lowest BCUT2D eigenvalue weighted by Gasteiger charge is -2.17. The summed E-state index contributed by atoms with van der Waals surface area (Å²) in [6, 6.07) is 10.5. The van der Waals surface area contributed by atoms with Crippen LogP contribution in [0.2, 0.25) is 0 Å². The van der Waals surface area contributed by atoms with Gasteiger partial charge in [0.1, 0.15) is 11.6 Å². The number of nitrogens with zero attached hydrogens (tertiary/aromatic N) is 1. The Morgan fingerprint density at radius 2 is 1.57 bits per heavy atom. The second kappa shape index (κ2) is 6.16. The van der Waals surface area contributed by atoms with Crippen molar-refractivity contribution < 1.29 is 18.4 Å². The summed E-state index contributed by atoms with van der Waals surface area (Å²) in [7, 11) is 0. The Balaban J connectivity index is 1.66. The Labute approximate surface area is 131 Å². The van der Waals surface area contributed by atoms with Crippen molar-refractivity contribution in [3.8, 4) is 0 Å². The Kier molecular flexibility index (Phi) is 4.06. The van der Waals surface area contributed by atoms with Crippen molar-refractivity contribution in [2.75, 3.05) is 11.4 Å². The lowest BCUT2D eigenvalue weighted by Crippen LogP contribution is -2.37. The number of nitrogens with one attached hydrogen (secondary N) is 1. The van der Waals surface area contributed by atoms with Crippen LogP contribution in [0.1, 0.15) is 16.8 Å². The lowest BCUT2D eigenvalue weighted by molar-refractivity contribution is -0.117. The van der Waals surface area contributed by atoms with Crippen LogP contribution in [-0.2, 0) is 4.79 Å². The third-order valence-electron chi connectivity index (χ3n) is 3.70. The monoisotopic (exact) mass is 316 g/mol. The van der Waals surface area contributed by atoms with Gasteiger partial charge in [0, 0.05) is 24.2 Å². The van der Waals surface area contributed by atoms with Crippen LogP contribution in [0.25, 0.3) is 0 Å². The topological polar surface area (TPSA) is 49.4 Å². The van der Waals surface area contributed by atoms with Gasteiger partial charge in [0.15, 0.2) is 0 Å². The van der Waals surface area contributed by atoms with Gasteiger partial charge in [-0.25, -0.2) is 8.78 Å². The number of carbonyl (C=O) groups excluding carboxylic acids is 2. The van der Waals surface area contributed by atoms with E-state index in [-0.39, 0.29) is 30.1 Å². The Bertz CT molecular complexity index is 729. The van der Waals surface area contributed by atoms with E-state index in [1.54, 1.807) is 0 Å². The van der Waals surface area contributed by atoms with Gasteiger partial charge in [-0.15, -0.1) is 0 Å². The first-order chi connectivity index (χ1) is 11.0. The molecule has 2 aromatic carbocycles. The molecule has 1 heterocycles. The Hall–Kier alpha value is -2.76. The minimum absolute atomic E-state index is 0.138. The van der Waals surface area contributed by atoms with Gasteiger partial charge >= 0.3 is 0 Å². The highest BCUT2D eigenvalue weighted by atomic mass is 19.1. The second-order valence-electron chi connectivity index (χ2n) is 5.36. The molecule has 23 heavy (non-hydrogen) atoms. The first-order valence-corrected chi connectivity index (χ1v) is 7.15. The van der Waals surface area contributed by atoms with Gasteiger partial charge in [0.25, 0.3) is 5.91 Å². The smallest absolute Gasteiger partial charge is 0.251 e. The maximum Gasteiger partial charge on any atom is 0.251 e. The van der Waals surface area contributed by atoms with Crippen LogP contribution in [0.4, 0.5) is 14.5 Å². The van der Waals surface area contributed by atoms with E-state index < -0.39 is 5.82 Å². The standard InChI is InChI=1S/C17H14F2N2O2/c18-12-3-1-11(2-4-12)17(23)20-14-9-16(22)21(10-14)15-7-5-13(19)6-8-15/h1-8,14H,9-10H2,(H,20,23)/t14-/m1/s1. The lowest BCUT2D eigenvalue weighted by atomic mass is 10.2. The normalized spacial score (nSPS) is 17.4. The molecule has 1 atom stereocenters. The van der Waals surface area contributed by atoms with E-state index in [4.69, 9.17) is 0 Å². The molecule has 6 heteroatoms. The molecule has 1 N–H and O–H groups in total. The molecule has 0 unspecified atom stereocenters. The van der Waals surface area contributed by atoms with Crippen molar-refractivity contribution in [3.63, 3.8) is 0 Å². The molecule has 4 nitrogen and oxygen atoms in total. The van der Waals surface area contributed by atoms with Crippen LogP contribution in [-0.4, -0.2) is 24.4 Å². The van der Waals surface area contributed by atoms with Gasteiger partial charge < -0.3 is 10.2 Å². The molecule has 1 aliphatic heterocycles. The number of benzene rings is 2. The summed E-state index contributed by atoms with van der Waals surface area (Å²) < 4.78 is 25.8. The highest BCUT2D eigenvalue weighted by molar-refractivity contribution is 5.98. The van der Waals surface area contributed by atoms with E-state index in [1.165, 1.54) is 53.4 Å². The maximum absolute atomic E-state index is 12.9. The summed E-state index contributed by atoms with van der Waals surface area (Å²) in [6.07, 6.45) is 0.171. The fourth-order valence-corrected chi connectivity index (χ4v) is 2.54. The molecule has 3 rings (SSSR count). The molecule has 0 radical (unpaired) electrons. The van der Waals surface area contributed by atoms with Crippen molar-refractivity contribution in [2.24, 2.45) is 0 Å². The molecule has 1 saturated heterocycles. The van der Waals surface area contributed by atoms with Crippen molar-refractivity contribution in [1.29, 1.82) is 0 Å². The molecule has 0 aromatic heterocycles. The summed E-state index contributed by atoms with van der Waals surface area (Å²) in [5.74, 6) is -1.29. The van der Waals surface area contributed by atoms with Gasteiger partial charge in [-0.3, -0.25) is 9.59 Å². The van der Waals surface area contributed by atoms with Crippen LogP contribution >= 0.6 is 0 Å². The highest BCUT2D eigenvalue weighted by Gasteiger charge is 2.31. The van der Waals surface area contributed by atoms with Gasteiger partial charge in [0.2, 0.25) is 5.91 Å². The minimum Gasteiger partial charge on any atom is -0.347 e. The summed E-state index contributed by atoms with van der Waals surface area (Å²) in [4.78, 5) is 25.7. The van der Waals surface area contributed by atoms with Crippen LogP contribution in [0.5, 0.6) is 0 Å². The summed E-state index contributed by atoms with van der Waals surface area (Å²) in [6.45, 7) is 0.317. The zero-order valence-corrected chi connectivity index (χ0v) is 12.1. The highest BCUT2D eigenvalue weighted by Crippen LogP contribution is 2.22. The van der Waals surface area contributed by atoms with Gasteiger partial charge in [-0.05, 0) is 48.5 Å². The van der Waals surface area contributed by atoms with E-state index in [0.717, 1.165) is 0 Å². The molecule has 2 aromatic rings. The van der Waals surface area contributed by atoms with Crippen molar-refractivity contribution in [3.05, 3.63) is 65.7 Å². The molecule has 1 fully saturated rings. The summed E-state index contributed by atoms with van der Waals surface area (Å²) in [5.41, 5.74) is 0.925. The zero-order valence-electron chi connectivity index (χ0n) is 12.1. The largest absolute Gasteiger partial charge is 0.347 e. The maximum atomic E-state index is 12.9. The molecule has 0 bridgehead atoms. The van der Waals surface area contributed by atoms with E-state index in [9.17, 15) is 18.4 Å². The van der Waals surface area contributed by atoms with Crippen molar-refractivity contribution in [1.82, 2.24) is 5.32 Å². The van der Waals surface area contributed by atoms with E-state index in [1.807, 2.05) is 0 Å². The number of carbonyl (C=O) groups is 2. The predicted molar refractivity (Wildman–Crippen MR) is 81.0 cm³/mol. The van der Waals surface area contributed by atoms with E-state index >= 15 is 0 Å². The fraction of sp³-hybridized carbons (Fsp3) is 0.176. The molecule has 0 aliphatic carbocycles. The van der Waals surface area contributed by atoms with E-state index in [0.29, 0.717) is 17.8 Å². The molecule has 0 saturated carbocycles. The molecule has 2 amide bonds. The number of halogens is 2. The number of amides is 2. The third kappa shape index (κ3) is 3.36. The average Bonchev–Trinajstić information content (AvgIpc) is 2.89. The molecular weight excluding hydrogens is 302 g/mol. The first-order valence-electron chi connectivity index (χ1n) is 7.15. The van der Waals surface area contributed by atoms with Crippen LogP contribution in [0, 0.1) is 11.6 Å². The van der Waals surface area contributed by atoms with Gasteiger partial charge in [-0.2, -0.15) is 0 Å². The summed E-state index contributed by atoms with van der Waals surface area (Å²) in [5, 5.41) is 2.76. The minimum atomic E-state index is -0.417. The second-order valence-corrected chi connectivity index (χ2v) is 5.36. The number of anilines is 1. The van der Waals surface area contributed by atoms with Gasteiger partial charge in [0.05, 0.1) is 6.04 Å². The van der Waals surface area contributed by atoms with E-state index in [2.05, 4.69) is 5.32 Å². The SMILES string of the molecule is O=C(N[C@@H]1CC(=O)N(c2ccc(F)cc2)C1)c1ccc(F)cc1. The number of rotatable bonds is 3. The predicted octanol–water partition coefficient (Wildman–Crippen LogP) is 2.50. The number of hydrogen-bond donors (Lipinski definition) is 1. The van der Waals surface area contributed by atoms with Crippen molar-refractivity contribution in [2.45, 2.75) is 12.5 Å². The van der Waals surface area contributed by atoms with Crippen LogP contribution in [0.15, 0.2) is 48.5 Å². The fourth-order valence-electron chi connectivity index (χ4n) is 2.54. The van der Waals surface area contributed by atoms with Crippen LogP contribution in [0.3, 0.4) is 0 Å². The van der Waals surface area contributed by atoms with Crippen LogP contribution < -0.4 is 10.2 Å². The molecule has 1 aliphatic rings. The average molecular weight is 316 g/mol. The summed E-state index contributed by atoms with van der Waals surface area (Å²) >= 11 is 0. The zero-order chi connectivity index (χ0) is 16.4. The Morgan fingerprint density at radius 3 is 2.17 bits per heavy atom. The van der Waals surface area contributed by atoms with Gasteiger partial charge in [-0.1, -0.05) is 0 Å². The van der Waals surface area contributed by atoms with Crippen molar-refractivity contribution >= 4 is 17.5 Å². The molecule has 0 spiro atoms. The first kappa shape index (κ1) is 15.1. The Morgan fingerprint density at radius 1 is 1.00 bits per heavy atom. The molecular formula is C17H14F2N2O2.